The molecule has 0 unspecified atom stereocenters. The fourth-order valence-corrected chi connectivity index (χ4v) is 4.03. The quantitative estimate of drug-likeness (QED) is 0.617. The van der Waals surface area contributed by atoms with Crippen molar-refractivity contribution in [3.63, 3.8) is 0 Å². The number of furan rings is 1. The molecule has 0 aliphatic rings. The van der Waals surface area contributed by atoms with Gasteiger partial charge in [-0.05, 0) is 24.2 Å². The maximum atomic E-state index is 11.8. The van der Waals surface area contributed by atoms with Crippen LogP contribution in [0.1, 0.15) is 16.1 Å². The van der Waals surface area contributed by atoms with Crippen molar-refractivity contribution < 1.29 is 13.9 Å². The molecule has 0 atom stereocenters. The summed E-state index contributed by atoms with van der Waals surface area (Å²) in [6.45, 7) is 8.64. The van der Waals surface area contributed by atoms with Crippen LogP contribution in [0, 0.1) is 6.92 Å². The van der Waals surface area contributed by atoms with E-state index in [0.717, 1.165) is 16.2 Å². The highest BCUT2D eigenvalue weighted by Crippen LogP contribution is 2.23. The predicted octanol–water partition coefficient (Wildman–Crippen LogP) is 3.07. The molecule has 0 spiro atoms. The van der Waals surface area contributed by atoms with Crippen LogP contribution in [0.25, 0.3) is 11.0 Å². The first-order valence-corrected chi connectivity index (χ1v) is 9.46. The smallest absolute Gasteiger partial charge is 0.373 e. The van der Waals surface area contributed by atoms with Gasteiger partial charge < -0.3 is 9.15 Å². The number of benzene rings is 1. The molecule has 0 amide bonds. The Kier molecular flexibility index (Phi) is 3.07. The summed E-state index contributed by atoms with van der Waals surface area (Å²) in [6, 6.07) is 5.99. The van der Waals surface area contributed by atoms with Gasteiger partial charge in [0, 0.05) is 5.39 Å². The van der Waals surface area contributed by atoms with E-state index in [1.807, 2.05) is 19.1 Å². The second-order valence-electron chi connectivity index (χ2n) is 5.55. The maximum Gasteiger partial charge on any atom is 0.373 e. The molecule has 0 N–H and O–H groups in total. The van der Waals surface area contributed by atoms with Crippen LogP contribution >= 0.6 is 0 Å². The van der Waals surface area contributed by atoms with Gasteiger partial charge in [-0.25, -0.2) is 4.79 Å². The van der Waals surface area contributed by atoms with E-state index in [1.165, 1.54) is 12.7 Å². The van der Waals surface area contributed by atoms with Crippen molar-refractivity contribution in [1.29, 1.82) is 0 Å². The molecule has 0 saturated heterocycles. The monoisotopic (exact) mass is 262 g/mol. The minimum Gasteiger partial charge on any atom is -0.463 e. The van der Waals surface area contributed by atoms with E-state index in [9.17, 15) is 4.79 Å². The number of aryl methyl sites for hydroxylation is 1. The van der Waals surface area contributed by atoms with Gasteiger partial charge in [-0.2, -0.15) is 0 Å². The normalized spacial score (nSPS) is 11.8. The molecule has 2 rings (SSSR count). The molecule has 4 heteroatoms. The van der Waals surface area contributed by atoms with Crippen molar-refractivity contribution in [3.8, 4) is 0 Å². The first-order chi connectivity index (χ1) is 8.34. The lowest BCUT2D eigenvalue weighted by molar-refractivity contribution is 0.0569. The minimum atomic E-state index is -1.69. The third kappa shape index (κ3) is 2.08. The van der Waals surface area contributed by atoms with Crippen LogP contribution in [0.2, 0.25) is 19.6 Å². The molecule has 96 valence electrons. The molecule has 0 saturated carbocycles. The van der Waals surface area contributed by atoms with E-state index in [1.54, 1.807) is 0 Å². The van der Waals surface area contributed by atoms with E-state index in [0.29, 0.717) is 5.76 Å². The number of carbonyl (C=O) groups excluding carboxylic acids is 1. The predicted molar refractivity (Wildman–Crippen MR) is 75.3 cm³/mol. The summed E-state index contributed by atoms with van der Waals surface area (Å²) in [7, 11) is -0.303. The summed E-state index contributed by atoms with van der Waals surface area (Å²) in [5.74, 6) is -0.0152. The highest BCUT2D eigenvalue weighted by atomic mass is 28.3. The van der Waals surface area contributed by atoms with Gasteiger partial charge in [0.2, 0.25) is 5.76 Å². The summed E-state index contributed by atoms with van der Waals surface area (Å²) in [5, 5.41) is 2.10. The van der Waals surface area contributed by atoms with E-state index in [4.69, 9.17) is 9.15 Å². The van der Waals surface area contributed by atoms with Crippen LogP contribution in [-0.4, -0.2) is 21.2 Å². The topological polar surface area (TPSA) is 39.4 Å². The van der Waals surface area contributed by atoms with Crippen molar-refractivity contribution in [3.05, 3.63) is 29.5 Å². The standard InChI is InChI=1S/C14H18O3Si/c1-9-6-7-11-10(8-9)13(18(3,4)5)12(17-11)14(15)16-2/h6-8H,1-5H3. The van der Waals surface area contributed by atoms with Gasteiger partial charge in [0.05, 0.1) is 15.2 Å². The number of hydrogen-bond acceptors (Lipinski definition) is 3. The first kappa shape index (κ1) is 12.9. The average molecular weight is 262 g/mol. The molecule has 0 aliphatic heterocycles. The average Bonchev–Trinajstić information content (AvgIpc) is 2.65. The number of ether oxygens (including phenoxy) is 1. The van der Waals surface area contributed by atoms with Crippen molar-refractivity contribution in [2.45, 2.75) is 26.6 Å². The van der Waals surface area contributed by atoms with E-state index in [-0.39, 0.29) is 5.97 Å². The number of hydrogen-bond donors (Lipinski definition) is 0. The number of rotatable bonds is 2. The molecule has 1 aromatic carbocycles. The summed E-state index contributed by atoms with van der Waals surface area (Å²) in [5.41, 5.74) is 1.93. The zero-order valence-corrected chi connectivity index (χ0v) is 12.5. The molecule has 18 heavy (non-hydrogen) atoms. The molecular formula is C14H18O3Si. The van der Waals surface area contributed by atoms with Crippen molar-refractivity contribution in [2.75, 3.05) is 7.11 Å². The van der Waals surface area contributed by atoms with Crippen LogP contribution < -0.4 is 5.19 Å². The van der Waals surface area contributed by atoms with Crippen molar-refractivity contribution in [1.82, 2.24) is 0 Å². The lowest BCUT2D eigenvalue weighted by Crippen LogP contribution is -2.40. The van der Waals surface area contributed by atoms with Crippen molar-refractivity contribution in [2.24, 2.45) is 0 Å². The Labute approximate surface area is 108 Å². The van der Waals surface area contributed by atoms with Gasteiger partial charge in [-0.1, -0.05) is 31.3 Å². The van der Waals surface area contributed by atoms with Crippen LogP contribution in [0.15, 0.2) is 22.6 Å². The van der Waals surface area contributed by atoms with Gasteiger partial charge in [0.1, 0.15) is 5.58 Å². The molecule has 1 aromatic heterocycles. The molecular weight excluding hydrogens is 244 g/mol. The first-order valence-electron chi connectivity index (χ1n) is 5.96. The zero-order chi connectivity index (χ0) is 13.5. The van der Waals surface area contributed by atoms with Gasteiger partial charge in [0.15, 0.2) is 0 Å². The Bertz CT molecular complexity index is 605. The van der Waals surface area contributed by atoms with Crippen molar-refractivity contribution >= 4 is 30.2 Å². The molecule has 1 heterocycles. The van der Waals surface area contributed by atoms with E-state index >= 15 is 0 Å². The van der Waals surface area contributed by atoms with Gasteiger partial charge in [-0.3, -0.25) is 0 Å². The highest BCUT2D eigenvalue weighted by molar-refractivity contribution is 6.91. The summed E-state index contributed by atoms with van der Waals surface area (Å²) in [4.78, 5) is 11.8. The number of esters is 1. The second-order valence-corrected chi connectivity index (χ2v) is 10.5. The Morgan fingerprint density at radius 3 is 2.50 bits per heavy atom. The summed E-state index contributed by atoms with van der Waals surface area (Å²) < 4.78 is 10.5. The second kappa shape index (κ2) is 4.28. The number of fused-ring (bicyclic) bond motifs is 1. The van der Waals surface area contributed by atoms with E-state index in [2.05, 4.69) is 25.7 Å². The fourth-order valence-electron chi connectivity index (χ4n) is 2.19. The van der Waals surface area contributed by atoms with Crippen LogP contribution in [0.3, 0.4) is 0 Å². The van der Waals surface area contributed by atoms with Gasteiger partial charge in [-0.15, -0.1) is 0 Å². The fraction of sp³-hybridized carbons (Fsp3) is 0.357. The maximum absolute atomic E-state index is 11.8. The molecule has 2 aromatic rings. The molecule has 0 radical (unpaired) electrons. The Morgan fingerprint density at radius 2 is 1.94 bits per heavy atom. The van der Waals surface area contributed by atoms with Gasteiger partial charge in [0.25, 0.3) is 0 Å². The molecule has 0 bridgehead atoms. The largest absolute Gasteiger partial charge is 0.463 e. The van der Waals surface area contributed by atoms with Crippen LogP contribution in [-0.2, 0) is 4.74 Å². The van der Waals surface area contributed by atoms with Crippen LogP contribution in [0.5, 0.6) is 0 Å². The minimum absolute atomic E-state index is 0.372. The molecule has 0 aliphatic carbocycles. The lowest BCUT2D eigenvalue weighted by Gasteiger charge is -2.16. The zero-order valence-electron chi connectivity index (χ0n) is 11.5. The summed E-state index contributed by atoms with van der Waals surface area (Å²) >= 11 is 0. The Morgan fingerprint density at radius 1 is 1.28 bits per heavy atom. The molecule has 0 fully saturated rings. The number of carbonyl (C=O) groups is 1. The van der Waals surface area contributed by atoms with Gasteiger partial charge >= 0.3 is 5.97 Å². The highest BCUT2D eigenvalue weighted by Gasteiger charge is 2.30. The lowest BCUT2D eigenvalue weighted by atomic mass is 10.2. The van der Waals surface area contributed by atoms with Crippen LogP contribution in [0.4, 0.5) is 0 Å². The van der Waals surface area contributed by atoms with E-state index < -0.39 is 8.07 Å². The SMILES string of the molecule is COC(=O)c1oc2ccc(C)cc2c1[Si](C)(C)C. The molecule has 3 nitrogen and oxygen atoms in total. The Balaban J connectivity index is 2.82. The summed E-state index contributed by atoms with van der Waals surface area (Å²) in [6.07, 6.45) is 0. The third-order valence-electron chi connectivity index (χ3n) is 2.96. The third-order valence-corrected chi connectivity index (χ3v) is 4.96. The number of methoxy groups -OCH3 is 1. The Hall–Kier alpha value is -1.55.